The molecule has 0 aromatic rings. The summed E-state index contributed by atoms with van der Waals surface area (Å²) in [6, 6.07) is 0. The van der Waals surface area contributed by atoms with Gasteiger partial charge in [0.15, 0.2) is 39.0 Å². The van der Waals surface area contributed by atoms with Gasteiger partial charge in [-0.1, -0.05) is 522 Å². The first-order valence-electron chi connectivity index (χ1n) is 15.3. The first kappa shape index (κ1) is 88.9. The summed E-state index contributed by atoms with van der Waals surface area (Å²) in [7, 11) is -23.1. The normalized spacial score (nSPS) is 17.4. The van der Waals surface area contributed by atoms with E-state index in [4.69, 9.17) is 522 Å². The highest BCUT2D eigenvalue weighted by atomic mass is 35.6. The lowest BCUT2D eigenvalue weighted by molar-refractivity contribution is 0.482. The van der Waals surface area contributed by atoms with Crippen LogP contribution in [0.4, 0.5) is 0 Å². The molecule has 6 nitrogen and oxygen atoms in total. The Morgan fingerprint density at radius 3 is 0.355 bits per heavy atom. The van der Waals surface area contributed by atoms with Crippen LogP contribution < -0.4 is 0 Å². The van der Waals surface area contributed by atoms with E-state index in [0.29, 0.717) is 0 Å². The Bertz CT molecular complexity index is 2250. The maximum absolute atomic E-state index is 15.5. The number of alkyl halides is 45. The van der Waals surface area contributed by atoms with E-state index in [0.717, 1.165) is 0 Å². The van der Waals surface area contributed by atoms with Gasteiger partial charge in [0.1, 0.15) is 0 Å². The summed E-state index contributed by atoms with van der Waals surface area (Å²) in [4.78, 5) is 0. The van der Waals surface area contributed by atoms with Crippen LogP contribution in [0.1, 0.15) is 0 Å². The zero-order chi connectivity index (χ0) is 63.6. The first-order chi connectivity index (χ1) is 31.6. The molecule has 0 saturated heterocycles. The molecule has 0 atom stereocenters. The Morgan fingerprint density at radius 2 is 0.250 bits per heavy atom. The van der Waals surface area contributed by atoms with E-state index in [2.05, 4.69) is 0 Å². The van der Waals surface area contributed by atoms with Gasteiger partial charge in [-0.05, 0) is 0 Å². The fraction of sp³-hybridized carbons (Fsp3) is 1.00. The van der Waals surface area contributed by atoms with Crippen LogP contribution in [0.3, 0.4) is 0 Å². The van der Waals surface area contributed by atoms with Gasteiger partial charge in [0.05, 0.1) is 0 Å². The van der Waals surface area contributed by atoms with Gasteiger partial charge in [-0.3, -0.25) is 0 Å². The van der Waals surface area contributed by atoms with Crippen LogP contribution in [-0.4, -0.2) is 117 Å². The van der Waals surface area contributed by atoms with E-state index in [9.17, 15) is 0 Å². The molecule has 0 heterocycles. The smallest absolute Gasteiger partial charge is 0.223 e. The van der Waals surface area contributed by atoms with E-state index in [1.807, 2.05) is 0 Å². The van der Waals surface area contributed by atoms with Gasteiger partial charge in [0.25, 0.3) is 14.9 Å². The van der Waals surface area contributed by atoms with Crippen LogP contribution in [0, 0.1) is 0 Å². The van der Waals surface area contributed by atoms with E-state index in [-0.39, 0.29) is 0 Å². The summed E-state index contributed by atoms with van der Waals surface area (Å²) in [6.07, 6.45) is 0. The summed E-state index contributed by atoms with van der Waals surface area (Å²) in [5, 5.41) is 0. The van der Waals surface area contributed by atoms with Gasteiger partial charge in [-0.15, -0.1) is 0 Å². The van der Waals surface area contributed by atoms with Crippen LogP contribution in [0.5, 0.6) is 0 Å². The van der Waals surface area contributed by atoms with Crippen molar-refractivity contribution in [2.24, 2.45) is 0 Å². The van der Waals surface area contributed by atoms with Gasteiger partial charge in [0.2, 0.25) is 66.9 Å². The zero-order valence-electron chi connectivity index (χ0n) is 31.8. The summed E-state index contributed by atoms with van der Waals surface area (Å²) in [5.74, 6) is 0. The highest BCUT2D eigenvalue weighted by Crippen LogP contribution is 2.77. The van der Waals surface area contributed by atoms with Crippen LogP contribution >= 0.6 is 522 Å². The summed E-state index contributed by atoms with van der Waals surface area (Å²) >= 11 is 278. The van der Waals surface area contributed by atoms with Gasteiger partial charge >= 0.3 is 0 Å². The highest BCUT2D eigenvalue weighted by molar-refractivity contribution is 8.27. The number of hydrogen-bond acceptors (Lipinski definition) is 6. The van der Waals surface area contributed by atoms with Crippen molar-refractivity contribution in [3.63, 3.8) is 0 Å². The third kappa shape index (κ3) is 13.3. The second-order valence-electron chi connectivity index (χ2n) is 13.6. The average Bonchev–Trinajstić information content (AvgIpc) is 3.14. The maximum atomic E-state index is 15.5. The van der Waals surface area contributed by atoms with Crippen molar-refractivity contribution >= 4 is 552 Å². The lowest BCUT2D eigenvalue weighted by atomic mass is 10.1. The molecule has 0 aromatic heterocycles. The average molecular weight is 2050 g/mol. The SMILES string of the molecule is O=S(=O)(C(S(=O)(=O)C(Cl)(Cl)C(Cl)(Cl)C(Cl)(Cl)C(Cl)(Cl)C(Cl)(Cl)C(Cl)(Cl)C(Cl)(Cl)Cl)S(=O)(=O)C(Cl)(Cl)C(Cl)(Cl)C(Cl)(Cl)C(Cl)(Cl)C(Cl)(Cl)C(Cl)(Cl)C(Cl)(Cl)Cl)C(Cl)(Cl)C(Cl)(Cl)C(Cl)(Cl)C(Cl)(Cl)C(Cl)(Cl)C(Cl)(Cl)C(Cl)(Cl)Cl. The number of hydrogen-bond donors (Lipinski definition) is 0. The molecule has 0 fully saturated rings. The summed E-state index contributed by atoms with van der Waals surface area (Å²) in [6.45, 7) is 0. The van der Waals surface area contributed by atoms with Gasteiger partial charge in [0, 0.05) is 0 Å². The standard InChI is InChI=1S/C22HCl45O6S3/c23-2(24,5(29,30)11(41,42)17(53,54)55)8(35,36)14(47,48)20(62,63)74(68,69)1(75(70,71)21(64,65)15(49,50)9(37,38)3(25,26)6(31,32)12(43,44)18(56,57)58)76(72,73)22(66,67)16(51,52)10(39,40)4(27,28)7(33,34)13(45,46)19(59,60)61/h1H. The molecule has 0 rings (SSSR count). The third-order valence-electron chi connectivity index (χ3n) is 8.73. The molecule has 0 spiro atoms. The van der Waals surface area contributed by atoms with Crippen molar-refractivity contribution in [1.82, 2.24) is 0 Å². The summed E-state index contributed by atoms with van der Waals surface area (Å²) in [5.41, 5.74) is 0. The predicted molar refractivity (Wildman–Crippen MR) is 351 cm³/mol. The molecular formula is C22HCl45O6S3. The fourth-order valence-corrected chi connectivity index (χ4v) is 31.0. The van der Waals surface area contributed by atoms with Gasteiger partial charge in [-0.25, -0.2) is 25.3 Å². The maximum Gasteiger partial charge on any atom is 0.272 e. The Balaban J connectivity index is 9.80. The molecule has 0 aliphatic rings. The van der Waals surface area contributed by atoms with Crippen molar-refractivity contribution in [3.05, 3.63) is 0 Å². The minimum atomic E-state index is -7.71. The molecule has 0 amide bonds. The van der Waals surface area contributed by atoms with Crippen molar-refractivity contribution in [2.45, 2.75) is 91.3 Å². The highest BCUT2D eigenvalue weighted by Gasteiger charge is 2.88. The largest absolute Gasteiger partial charge is 0.272 e. The lowest BCUT2D eigenvalue weighted by Crippen LogP contribution is -2.73. The minimum Gasteiger partial charge on any atom is -0.223 e. The van der Waals surface area contributed by atoms with Crippen molar-refractivity contribution in [3.8, 4) is 0 Å². The van der Waals surface area contributed by atoms with Gasteiger partial charge < -0.3 is 0 Å². The van der Waals surface area contributed by atoms with E-state index in [1.54, 1.807) is 0 Å². The van der Waals surface area contributed by atoms with Crippen LogP contribution in [0.25, 0.3) is 0 Å². The van der Waals surface area contributed by atoms with Crippen LogP contribution in [0.2, 0.25) is 0 Å². The van der Waals surface area contributed by atoms with Crippen molar-refractivity contribution in [1.29, 1.82) is 0 Å². The number of rotatable bonds is 21. The molecule has 0 aliphatic heterocycles. The molecule has 0 radical (unpaired) electrons. The minimum absolute atomic E-state index is 3.20. The molecule has 0 aliphatic carbocycles. The van der Waals surface area contributed by atoms with Crippen LogP contribution in [0.15, 0.2) is 0 Å². The zero-order valence-corrected chi connectivity index (χ0v) is 68.2. The van der Waals surface area contributed by atoms with Crippen molar-refractivity contribution < 1.29 is 25.3 Å². The van der Waals surface area contributed by atoms with Crippen molar-refractivity contribution in [2.75, 3.05) is 0 Å². The second kappa shape index (κ2) is 26.0. The quantitative estimate of drug-likeness (QED) is 0.106. The molecule has 0 aromatic carbocycles. The summed E-state index contributed by atoms with van der Waals surface area (Å²) < 4.78 is 2.00. The number of sulfone groups is 3. The molecule has 0 unspecified atom stereocenters. The monoisotopic (exact) mass is 2030 g/mol. The molecule has 0 saturated carbocycles. The van der Waals surface area contributed by atoms with Gasteiger partial charge in [-0.2, -0.15) is 0 Å². The first-order valence-corrected chi connectivity index (χ1v) is 37.0. The molecule has 76 heavy (non-hydrogen) atoms. The fourth-order valence-electron chi connectivity index (χ4n) is 4.26. The molecular weight excluding hydrogens is 2050 g/mol. The Labute approximate surface area is 656 Å². The van der Waals surface area contributed by atoms with E-state index < -0.39 is 121 Å². The Morgan fingerprint density at radius 1 is 0.158 bits per heavy atom. The lowest BCUT2D eigenvalue weighted by Gasteiger charge is -2.54. The molecule has 458 valence electrons. The molecule has 54 heteroatoms. The molecule has 0 bridgehead atoms. The predicted octanol–water partition coefficient (Wildman–Crippen LogP) is 24.6. The Hall–Kier alpha value is 12.9. The topological polar surface area (TPSA) is 102 Å². The van der Waals surface area contributed by atoms with Crippen LogP contribution in [-0.2, 0) is 29.5 Å². The van der Waals surface area contributed by atoms with E-state index in [1.165, 1.54) is 0 Å². The number of halogens is 45. The van der Waals surface area contributed by atoms with E-state index >= 15 is 25.3 Å². The Kier molecular flexibility index (Phi) is 30.4. The molecule has 0 N–H and O–H groups in total. The second-order valence-corrected chi connectivity index (χ2v) is 53.1. The third-order valence-corrected chi connectivity index (χ3v) is 51.2.